The van der Waals surface area contributed by atoms with Crippen LogP contribution in [-0.4, -0.2) is 19.9 Å². The van der Waals surface area contributed by atoms with Crippen LogP contribution in [0.25, 0.3) is 32.8 Å². The summed E-state index contributed by atoms with van der Waals surface area (Å²) in [6.07, 6.45) is 5.14. The summed E-state index contributed by atoms with van der Waals surface area (Å²) < 4.78 is 0. The van der Waals surface area contributed by atoms with Crippen molar-refractivity contribution in [1.29, 1.82) is 0 Å². The standard InChI is InChI=1S/C14H8N4/c1-2-9-6-10-11-7-15-8-17-12(11)3-4-13(10)18-14(9)16-5-1/h1-8H. The van der Waals surface area contributed by atoms with Gasteiger partial charge in [-0.3, -0.25) is 0 Å². The average Bonchev–Trinajstić information content (AvgIpc) is 2.45. The van der Waals surface area contributed by atoms with Crippen LogP contribution in [0.3, 0.4) is 0 Å². The topological polar surface area (TPSA) is 51.6 Å². The third kappa shape index (κ3) is 1.26. The van der Waals surface area contributed by atoms with Gasteiger partial charge in [0.1, 0.15) is 6.33 Å². The Labute approximate surface area is 102 Å². The van der Waals surface area contributed by atoms with E-state index in [2.05, 4.69) is 26.0 Å². The van der Waals surface area contributed by atoms with Crippen LogP contribution in [0.5, 0.6) is 0 Å². The van der Waals surface area contributed by atoms with E-state index in [0.29, 0.717) is 0 Å². The fourth-order valence-electron chi connectivity index (χ4n) is 2.20. The van der Waals surface area contributed by atoms with E-state index >= 15 is 0 Å². The van der Waals surface area contributed by atoms with Crippen molar-refractivity contribution in [2.24, 2.45) is 0 Å². The minimum Gasteiger partial charge on any atom is -0.244 e. The second kappa shape index (κ2) is 3.43. The van der Waals surface area contributed by atoms with Gasteiger partial charge in [0.25, 0.3) is 0 Å². The summed E-state index contributed by atoms with van der Waals surface area (Å²) >= 11 is 0. The summed E-state index contributed by atoms with van der Waals surface area (Å²) in [5.41, 5.74) is 2.62. The first-order valence-corrected chi connectivity index (χ1v) is 5.66. The van der Waals surface area contributed by atoms with E-state index in [4.69, 9.17) is 0 Å². The van der Waals surface area contributed by atoms with Crippen molar-refractivity contribution in [3.63, 3.8) is 0 Å². The van der Waals surface area contributed by atoms with E-state index in [1.54, 1.807) is 12.5 Å². The third-order valence-electron chi connectivity index (χ3n) is 3.05. The number of hydrogen-bond acceptors (Lipinski definition) is 4. The number of aromatic nitrogens is 4. The molecule has 0 fully saturated rings. The molecule has 18 heavy (non-hydrogen) atoms. The lowest BCUT2D eigenvalue weighted by atomic mass is 10.1. The van der Waals surface area contributed by atoms with Crippen molar-refractivity contribution >= 4 is 32.8 Å². The first-order chi connectivity index (χ1) is 8.92. The van der Waals surface area contributed by atoms with Gasteiger partial charge in [0.15, 0.2) is 5.65 Å². The van der Waals surface area contributed by atoms with Gasteiger partial charge in [-0.2, -0.15) is 0 Å². The number of rotatable bonds is 0. The first-order valence-electron chi connectivity index (χ1n) is 5.66. The van der Waals surface area contributed by atoms with Gasteiger partial charge in [0.05, 0.1) is 11.0 Å². The number of fused-ring (bicyclic) bond motifs is 4. The lowest BCUT2D eigenvalue weighted by molar-refractivity contribution is 1.22. The Balaban J connectivity index is 2.27. The number of nitrogens with zero attached hydrogens (tertiary/aromatic N) is 4. The van der Waals surface area contributed by atoms with Crippen LogP contribution in [0.15, 0.2) is 49.1 Å². The average molecular weight is 232 g/mol. The molecule has 84 valence electrons. The van der Waals surface area contributed by atoms with Crippen LogP contribution in [0, 0.1) is 0 Å². The molecule has 4 nitrogen and oxygen atoms in total. The number of pyridine rings is 2. The molecule has 0 saturated carbocycles. The highest BCUT2D eigenvalue weighted by atomic mass is 14.8. The van der Waals surface area contributed by atoms with Crippen molar-refractivity contribution in [2.75, 3.05) is 0 Å². The van der Waals surface area contributed by atoms with E-state index in [0.717, 1.165) is 32.8 Å². The van der Waals surface area contributed by atoms with Crippen molar-refractivity contribution in [3.05, 3.63) is 49.1 Å². The second-order valence-electron chi connectivity index (χ2n) is 4.13. The monoisotopic (exact) mass is 232 g/mol. The summed E-state index contributed by atoms with van der Waals surface area (Å²) in [7, 11) is 0. The summed E-state index contributed by atoms with van der Waals surface area (Å²) in [4.78, 5) is 17.2. The third-order valence-corrected chi connectivity index (χ3v) is 3.05. The largest absolute Gasteiger partial charge is 0.244 e. The maximum Gasteiger partial charge on any atom is 0.159 e. The van der Waals surface area contributed by atoms with Gasteiger partial charge in [-0.25, -0.2) is 19.9 Å². The highest BCUT2D eigenvalue weighted by molar-refractivity contribution is 6.07. The molecule has 4 rings (SSSR count). The molecule has 0 radical (unpaired) electrons. The fraction of sp³-hybridized carbons (Fsp3) is 0. The van der Waals surface area contributed by atoms with Gasteiger partial charge >= 0.3 is 0 Å². The molecule has 0 aliphatic heterocycles. The second-order valence-corrected chi connectivity index (χ2v) is 4.13. The molecule has 0 atom stereocenters. The zero-order chi connectivity index (χ0) is 11.9. The Kier molecular flexibility index (Phi) is 1.80. The van der Waals surface area contributed by atoms with E-state index in [9.17, 15) is 0 Å². The molecule has 4 heteroatoms. The van der Waals surface area contributed by atoms with E-state index < -0.39 is 0 Å². The highest BCUT2D eigenvalue weighted by Crippen LogP contribution is 2.24. The van der Waals surface area contributed by atoms with Gasteiger partial charge in [-0.1, -0.05) is 0 Å². The summed E-state index contributed by atoms with van der Waals surface area (Å²) in [6.45, 7) is 0. The minimum absolute atomic E-state index is 0.765. The molecular formula is C14H8N4. The van der Waals surface area contributed by atoms with Gasteiger partial charge in [0, 0.05) is 28.6 Å². The number of hydrogen-bond donors (Lipinski definition) is 0. The molecule has 3 aromatic heterocycles. The SMILES string of the molecule is c1cnc2nc3ccc4ncncc4c3cc2c1. The van der Waals surface area contributed by atoms with Gasteiger partial charge in [0.2, 0.25) is 0 Å². The van der Waals surface area contributed by atoms with Crippen LogP contribution >= 0.6 is 0 Å². The number of benzene rings is 1. The van der Waals surface area contributed by atoms with E-state index in [-0.39, 0.29) is 0 Å². The Morgan fingerprint density at radius 2 is 1.83 bits per heavy atom. The molecule has 0 aliphatic carbocycles. The Hall–Kier alpha value is -2.62. The Bertz CT molecular complexity index is 880. The quantitative estimate of drug-likeness (QED) is 0.345. The molecule has 0 aliphatic rings. The van der Waals surface area contributed by atoms with E-state index in [1.165, 1.54) is 0 Å². The summed E-state index contributed by atoms with van der Waals surface area (Å²) in [5.74, 6) is 0. The molecule has 0 N–H and O–H groups in total. The molecular weight excluding hydrogens is 224 g/mol. The summed E-state index contributed by atoms with van der Waals surface area (Å²) in [5, 5.41) is 3.11. The smallest absolute Gasteiger partial charge is 0.159 e. The normalized spacial score (nSPS) is 11.3. The Morgan fingerprint density at radius 1 is 0.889 bits per heavy atom. The van der Waals surface area contributed by atoms with Crippen LogP contribution in [0.4, 0.5) is 0 Å². The molecule has 0 saturated heterocycles. The molecule has 0 amide bonds. The van der Waals surface area contributed by atoms with Crippen LogP contribution < -0.4 is 0 Å². The first kappa shape index (κ1) is 9.41. The molecule has 1 aromatic carbocycles. The maximum atomic E-state index is 4.56. The van der Waals surface area contributed by atoms with Gasteiger partial charge < -0.3 is 0 Å². The lowest BCUT2D eigenvalue weighted by Gasteiger charge is -2.03. The maximum absolute atomic E-state index is 4.56. The lowest BCUT2D eigenvalue weighted by Crippen LogP contribution is -1.88. The fourth-order valence-corrected chi connectivity index (χ4v) is 2.20. The van der Waals surface area contributed by atoms with Crippen LogP contribution in [-0.2, 0) is 0 Å². The predicted octanol–water partition coefficient (Wildman–Crippen LogP) is 2.73. The van der Waals surface area contributed by atoms with Gasteiger partial charge in [-0.15, -0.1) is 0 Å². The van der Waals surface area contributed by atoms with Crippen molar-refractivity contribution in [2.45, 2.75) is 0 Å². The summed E-state index contributed by atoms with van der Waals surface area (Å²) in [6, 6.07) is 9.95. The van der Waals surface area contributed by atoms with Crippen LogP contribution in [0.2, 0.25) is 0 Å². The van der Waals surface area contributed by atoms with Gasteiger partial charge in [-0.05, 0) is 30.3 Å². The van der Waals surface area contributed by atoms with Crippen molar-refractivity contribution in [1.82, 2.24) is 19.9 Å². The minimum atomic E-state index is 0.765. The predicted molar refractivity (Wildman–Crippen MR) is 70.1 cm³/mol. The zero-order valence-corrected chi connectivity index (χ0v) is 9.41. The zero-order valence-electron chi connectivity index (χ0n) is 9.41. The molecule has 0 bridgehead atoms. The molecule has 0 spiro atoms. The Morgan fingerprint density at radius 3 is 2.83 bits per heavy atom. The van der Waals surface area contributed by atoms with Crippen molar-refractivity contribution in [3.8, 4) is 0 Å². The van der Waals surface area contributed by atoms with Crippen LogP contribution in [0.1, 0.15) is 0 Å². The van der Waals surface area contributed by atoms with E-state index in [1.807, 2.05) is 30.5 Å². The molecule has 0 unspecified atom stereocenters. The highest BCUT2D eigenvalue weighted by Gasteiger charge is 2.04. The van der Waals surface area contributed by atoms with Crippen molar-refractivity contribution < 1.29 is 0 Å². The molecule has 4 aromatic rings. The molecule has 3 heterocycles.